The minimum absolute atomic E-state index is 0.0321. The zero-order valence-corrected chi connectivity index (χ0v) is 12.0. The van der Waals surface area contributed by atoms with Gasteiger partial charge in [0.25, 0.3) is 0 Å². The normalized spacial score (nSPS) is 12.2. The van der Waals surface area contributed by atoms with Crippen LogP contribution in [-0.4, -0.2) is 25.5 Å². The van der Waals surface area contributed by atoms with Crippen molar-refractivity contribution in [3.63, 3.8) is 0 Å². The summed E-state index contributed by atoms with van der Waals surface area (Å²) in [6.45, 7) is 3.41. The number of carboxylic acid groups (broad SMARTS) is 1. The van der Waals surface area contributed by atoms with Gasteiger partial charge >= 0.3 is 5.97 Å². The largest absolute Gasteiger partial charge is 0.478 e. The van der Waals surface area contributed by atoms with Crippen molar-refractivity contribution in [2.75, 3.05) is 0 Å². The van der Waals surface area contributed by atoms with E-state index >= 15 is 0 Å². The Bertz CT molecular complexity index is 608. The summed E-state index contributed by atoms with van der Waals surface area (Å²) in [5.74, 6) is -1.09. The third-order valence-electron chi connectivity index (χ3n) is 2.05. The van der Waals surface area contributed by atoms with E-state index in [1.165, 1.54) is 24.3 Å². The summed E-state index contributed by atoms with van der Waals surface area (Å²) in [6, 6.07) is 3.98. The SMILES string of the molecule is CC(C)NS(=O)(=O)c1ccc(C=CC(=O)O)cc1Cl. The lowest BCUT2D eigenvalue weighted by Crippen LogP contribution is -2.30. The minimum atomic E-state index is -3.66. The number of aliphatic carboxylic acids is 1. The molecule has 0 saturated carbocycles. The van der Waals surface area contributed by atoms with Crippen LogP contribution in [-0.2, 0) is 14.8 Å². The van der Waals surface area contributed by atoms with E-state index in [9.17, 15) is 13.2 Å². The first-order valence-electron chi connectivity index (χ1n) is 5.45. The van der Waals surface area contributed by atoms with Crippen LogP contribution in [0.4, 0.5) is 0 Å². The Kier molecular flexibility index (Phi) is 5.11. The molecule has 0 aliphatic rings. The van der Waals surface area contributed by atoms with Gasteiger partial charge in [-0.05, 0) is 37.6 Å². The lowest BCUT2D eigenvalue weighted by atomic mass is 10.2. The van der Waals surface area contributed by atoms with Crippen molar-refractivity contribution in [3.05, 3.63) is 34.9 Å². The van der Waals surface area contributed by atoms with Crippen molar-refractivity contribution in [2.24, 2.45) is 0 Å². The van der Waals surface area contributed by atoms with Crippen molar-refractivity contribution in [1.29, 1.82) is 0 Å². The zero-order chi connectivity index (χ0) is 14.6. The van der Waals surface area contributed by atoms with Crippen LogP contribution in [0.25, 0.3) is 6.08 Å². The molecule has 0 bridgehead atoms. The fraction of sp³-hybridized carbons (Fsp3) is 0.250. The Morgan fingerprint density at radius 2 is 2.05 bits per heavy atom. The fourth-order valence-electron chi connectivity index (χ4n) is 1.38. The average Bonchev–Trinajstić information content (AvgIpc) is 2.24. The number of carboxylic acids is 1. The monoisotopic (exact) mass is 303 g/mol. The molecule has 5 nitrogen and oxygen atoms in total. The molecular weight excluding hydrogens is 290 g/mol. The lowest BCUT2D eigenvalue weighted by molar-refractivity contribution is -0.131. The van der Waals surface area contributed by atoms with E-state index in [1.807, 2.05) is 0 Å². The van der Waals surface area contributed by atoms with Gasteiger partial charge in [0.1, 0.15) is 4.90 Å². The van der Waals surface area contributed by atoms with Gasteiger partial charge in [0, 0.05) is 12.1 Å². The highest BCUT2D eigenvalue weighted by Gasteiger charge is 2.18. The van der Waals surface area contributed by atoms with Gasteiger partial charge in [-0.3, -0.25) is 0 Å². The molecule has 19 heavy (non-hydrogen) atoms. The topological polar surface area (TPSA) is 83.5 Å². The number of sulfonamides is 1. The van der Waals surface area contributed by atoms with Crippen molar-refractivity contribution in [1.82, 2.24) is 4.72 Å². The molecule has 104 valence electrons. The summed E-state index contributed by atoms with van der Waals surface area (Å²) in [5, 5.41) is 8.54. The van der Waals surface area contributed by atoms with Crippen LogP contribution >= 0.6 is 11.6 Å². The first kappa shape index (κ1) is 15.7. The van der Waals surface area contributed by atoms with E-state index in [4.69, 9.17) is 16.7 Å². The number of nitrogens with one attached hydrogen (secondary N) is 1. The van der Waals surface area contributed by atoms with E-state index in [0.717, 1.165) is 6.08 Å². The number of halogens is 1. The van der Waals surface area contributed by atoms with Crippen molar-refractivity contribution < 1.29 is 18.3 Å². The maximum atomic E-state index is 11.9. The number of benzene rings is 1. The molecule has 0 aliphatic heterocycles. The molecule has 1 aromatic carbocycles. The Labute approximate surface area is 117 Å². The van der Waals surface area contributed by atoms with Crippen molar-refractivity contribution in [2.45, 2.75) is 24.8 Å². The van der Waals surface area contributed by atoms with Gasteiger partial charge < -0.3 is 5.11 Å². The second kappa shape index (κ2) is 6.18. The van der Waals surface area contributed by atoms with E-state index in [0.29, 0.717) is 5.56 Å². The maximum absolute atomic E-state index is 11.9. The second-order valence-electron chi connectivity index (χ2n) is 4.14. The highest BCUT2D eigenvalue weighted by atomic mass is 35.5. The summed E-state index contributed by atoms with van der Waals surface area (Å²) in [5.41, 5.74) is 0.510. The first-order valence-corrected chi connectivity index (χ1v) is 7.31. The van der Waals surface area contributed by atoms with Crippen LogP contribution in [0.3, 0.4) is 0 Å². The molecule has 0 radical (unpaired) electrons. The fourth-order valence-corrected chi connectivity index (χ4v) is 3.18. The standard InChI is InChI=1S/C12H14ClNO4S/c1-8(2)14-19(17,18)11-5-3-9(7-10(11)13)4-6-12(15)16/h3-8,14H,1-2H3,(H,15,16). The molecule has 7 heteroatoms. The highest BCUT2D eigenvalue weighted by molar-refractivity contribution is 7.89. The number of carbonyl (C=O) groups is 1. The van der Waals surface area contributed by atoms with Gasteiger partial charge in [-0.15, -0.1) is 0 Å². The number of rotatable bonds is 5. The predicted molar refractivity (Wildman–Crippen MR) is 73.6 cm³/mol. The molecule has 0 fully saturated rings. The molecule has 1 aromatic rings. The molecule has 0 aliphatic carbocycles. The van der Waals surface area contributed by atoms with Gasteiger partial charge in [0.2, 0.25) is 10.0 Å². The Balaban J connectivity index is 3.11. The molecule has 0 heterocycles. The van der Waals surface area contributed by atoms with E-state index in [2.05, 4.69) is 4.72 Å². The van der Waals surface area contributed by atoms with Gasteiger partial charge in [-0.25, -0.2) is 17.9 Å². The Morgan fingerprint density at radius 1 is 1.42 bits per heavy atom. The molecule has 0 spiro atoms. The molecule has 0 amide bonds. The second-order valence-corrected chi connectivity index (χ2v) is 6.23. The maximum Gasteiger partial charge on any atom is 0.328 e. The zero-order valence-electron chi connectivity index (χ0n) is 10.4. The molecular formula is C12H14ClNO4S. The Hall–Kier alpha value is -1.37. The van der Waals surface area contributed by atoms with E-state index in [1.54, 1.807) is 13.8 Å². The smallest absolute Gasteiger partial charge is 0.328 e. The molecule has 1 rings (SSSR count). The van der Waals surface area contributed by atoms with Crippen LogP contribution in [0.15, 0.2) is 29.2 Å². The molecule has 2 N–H and O–H groups in total. The number of hydrogen-bond acceptors (Lipinski definition) is 3. The predicted octanol–water partition coefficient (Wildman–Crippen LogP) is 2.12. The van der Waals surface area contributed by atoms with Gasteiger partial charge in [-0.2, -0.15) is 0 Å². The van der Waals surface area contributed by atoms with Crippen LogP contribution in [0.5, 0.6) is 0 Å². The quantitative estimate of drug-likeness (QED) is 0.816. The van der Waals surface area contributed by atoms with Crippen LogP contribution < -0.4 is 4.72 Å². The third-order valence-corrected chi connectivity index (χ3v) is 4.20. The molecule has 0 aromatic heterocycles. The van der Waals surface area contributed by atoms with E-state index in [-0.39, 0.29) is 16.0 Å². The summed E-state index contributed by atoms with van der Waals surface area (Å²) >= 11 is 5.91. The summed E-state index contributed by atoms with van der Waals surface area (Å²) in [7, 11) is -3.66. The molecule has 0 atom stereocenters. The molecule has 0 saturated heterocycles. The highest BCUT2D eigenvalue weighted by Crippen LogP contribution is 2.23. The van der Waals surface area contributed by atoms with Gasteiger partial charge in [0.15, 0.2) is 0 Å². The van der Waals surface area contributed by atoms with Gasteiger partial charge in [0.05, 0.1) is 5.02 Å². The van der Waals surface area contributed by atoms with Crippen LogP contribution in [0.1, 0.15) is 19.4 Å². The summed E-state index contributed by atoms with van der Waals surface area (Å²) in [4.78, 5) is 10.3. The number of hydrogen-bond donors (Lipinski definition) is 2. The van der Waals surface area contributed by atoms with E-state index < -0.39 is 16.0 Å². The third kappa shape index (κ3) is 4.66. The molecule has 0 unspecified atom stereocenters. The summed E-state index contributed by atoms with van der Waals surface area (Å²) < 4.78 is 26.3. The minimum Gasteiger partial charge on any atom is -0.478 e. The average molecular weight is 304 g/mol. The first-order chi connectivity index (χ1) is 8.72. The Morgan fingerprint density at radius 3 is 2.53 bits per heavy atom. The van der Waals surface area contributed by atoms with Crippen LogP contribution in [0.2, 0.25) is 5.02 Å². The van der Waals surface area contributed by atoms with Gasteiger partial charge in [-0.1, -0.05) is 17.7 Å². The van der Waals surface area contributed by atoms with Crippen LogP contribution in [0, 0.1) is 0 Å². The van der Waals surface area contributed by atoms with Crippen molar-refractivity contribution in [3.8, 4) is 0 Å². The van der Waals surface area contributed by atoms with Crippen molar-refractivity contribution >= 4 is 33.7 Å². The summed E-state index contributed by atoms with van der Waals surface area (Å²) in [6.07, 6.45) is 2.28. The lowest BCUT2D eigenvalue weighted by Gasteiger charge is -2.11.